The van der Waals surface area contributed by atoms with Crippen LogP contribution in [0.5, 0.6) is 0 Å². The van der Waals surface area contributed by atoms with Crippen molar-refractivity contribution in [1.82, 2.24) is 14.9 Å². The molecule has 3 N–H and O–H groups in total. The molecule has 0 fully saturated rings. The molecule has 0 unspecified atom stereocenters. The number of imidazole rings is 1. The fraction of sp³-hybridized carbons (Fsp3) is 0.636. The zero-order valence-corrected chi connectivity index (χ0v) is 11.4. The van der Waals surface area contributed by atoms with Crippen LogP contribution < -0.4 is 11.1 Å². The summed E-state index contributed by atoms with van der Waals surface area (Å²) in [6, 6.07) is 0. The summed E-state index contributed by atoms with van der Waals surface area (Å²) in [5, 5.41) is 2.84. The van der Waals surface area contributed by atoms with E-state index in [1.54, 1.807) is 24.1 Å². The molecule has 0 aliphatic carbocycles. The summed E-state index contributed by atoms with van der Waals surface area (Å²) in [7, 11) is 1.79. The first-order valence-electron chi connectivity index (χ1n) is 5.56. The molecule has 0 radical (unpaired) electrons. The van der Waals surface area contributed by atoms with E-state index in [1.807, 2.05) is 13.8 Å². The Labute approximate surface area is 108 Å². The van der Waals surface area contributed by atoms with E-state index >= 15 is 0 Å². The smallest absolute Gasteiger partial charge is 0.269 e. The Bertz CT molecular complexity index is 360. The van der Waals surface area contributed by atoms with Gasteiger partial charge < -0.3 is 15.6 Å². The van der Waals surface area contributed by atoms with Gasteiger partial charge in [-0.05, 0) is 12.8 Å². The molecule has 0 saturated heterocycles. The molecule has 1 amide bonds. The van der Waals surface area contributed by atoms with E-state index in [2.05, 4.69) is 10.3 Å². The Hall–Kier alpha value is -1.07. The Morgan fingerprint density at radius 3 is 2.53 bits per heavy atom. The minimum absolute atomic E-state index is 0. The summed E-state index contributed by atoms with van der Waals surface area (Å²) in [6.07, 6.45) is 4.83. The van der Waals surface area contributed by atoms with E-state index in [0.29, 0.717) is 12.2 Å². The maximum atomic E-state index is 11.8. The number of nitrogens with one attached hydrogen (secondary N) is 1. The zero-order chi connectivity index (χ0) is 12.2. The van der Waals surface area contributed by atoms with Gasteiger partial charge in [-0.2, -0.15) is 0 Å². The first kappa shape index (κ1) is 15.9. The first-order valence-corrected chi connectivity index (χ1v) is 5.56. The molecule has 17 heavy (non-hydrogen) atoms. The third kappa shape index (κ3) is 4.02. The van der Waals surface area contributed by atoms with Crippen molar-refractivity contribution in [2.45, 2.75) is 32.2 Å². The molecule has 0 bridgehead atoms. The van der Waals surface area contributed by atoms with Gasteiger partial charge in [-0.25, -0.2) is 4.98 Å². The second-order valence-electron chi connectivity index (χ2n) is 4.14. The molecular formula is C11H21ClN4O. The van der Waals surface area contributed by atoms with E-state index in [0.717, 1.165) is 12.8 Å². The molecule has 5 nitrogen and oxygen atoms in total. The standard InChI is InChI=1S/C11H20N4O.ClH/c1-4-11(12,5-2)7-14-10(16)9-6-13-8-15(9)3;/h6,8H,4-5,7,12H2,1-3H3,(H,14,16);1H. The largest absolute Gasteiger partial charge is 0.349 e. The fourth-order valence-corrected chi connectivity index (χ4v) is 1.42. The van der Waals surface area contributed by atoms with Crippen LogP contribution in [0.4, 0.5) is 0 Å². The summed E-state index contributed by atoms with van der Waals surface area (Å²) in [6.45, 7) is 4.55. The van der Waals surface area contributed by atoms with Gasteiger partial charge in [0.15, 0.2) is 0 Å². The van der Waals surface area contributed by atoms with E-state index in [9.17, 15) is 4.79 Å². The molecule has 1 heterocycles. The lowest BCUT2D eigenvalue weighted by atomic mass is 9.94. The summed E-state index contributed by atoms with van der Waals surface area (Å²) in [5.74, 6) is -0.128. The van der Waals surface area contributed by atoms with Gasteiger partial charge >= 0.3 is 0 Å². The van der Waals surface area contributed by atoms with Gasteiger partial charge in [0.05, 0.1) is 12.5 Å². The van der Waals surface area contributed by atoms with Crippen LogP contribution in [-0.2, 0) is 7.05 Å². The van der Waals surface area contributed by atoms with Crippen LogP contribution in [0.1, 0.15) is 37.2 Å². The van der Waals surface area contributed by atoms with Gasteiger partial charge in [-0.1, -0.05) is 13.8 Å². The van der Waals surface area contributed by atoms with Crippen molar-refractivity contribution in [3.63, 3.8) is 0 Å². The van der Waals surface area contributed by atoms with Crippen molar-refractivity contribution in [2.75, 3.05) is 6.54 Å². The van der Waals surface area contributed by atoms with Crippen LogP contribution in [0, 0.1) is 0 Å². The van der Waals surface area contributed by atoms with Crippen molar-refractivity contribution < 1.29 is 4.79 Å². The van der Waals surface area contributed by atoms with E-state index in [4.69, 9.17) is 5.73 Å². The Balaban J connectivity index is 0.00000256. The molecule has 0 aliphatic heterocycles. The van der Waals surface area contributed by atoms with Crippen molar-refractivity contribution in [3.05, 3.63) is 18.2 Å². The van der Waals surface area contributed by atoms with Gasteiger partial charge in [0.1, 0.15) is 5.69 Å². The quantitative estimate of drug-likeness (QED) is 0.832. The van der Waals surface area contributed by atoms with Crippen LogP contribution in [0.3, 0.4) is 0 Å². The SMILES string of the molecule is CCC(N)(CC)CNC(=O)c1cncn1C.Cl. The van der Waals surface area contributed by atoms with Crippen molar-refractivity contribution in [1.29, 1.82) is 0 Å². The molecular weight excluding hydrogens is 240 g/mol. The predicted octanol–water partition coefficient (Wildman–Crippen LogP) is 1.09. The van der Waals surface area contributed by atoms with Gasteiger partial charge in [0.2, 0.25) is 0 Å². The Kier molecular flexibility index (Phi) is 6.20. The van der Waals surface area contributed by atoms with Gasteiger partial charge in [-0.3, -0.25) is 4.79 Å². The Morgan fingerprint density at radius 1 is 1.53 bits per heavy atom. The molecule has 0 atom stereocenters. The van der Waals surface area contributed by atoms with Crippen molar-refractivity contribution in [2.24, 2.45) is 12.8 Å². The van der Waals surface area contributed by atoms with Crippen LogP contribution in [0.25, 0.3) is 0 Å². The second-order valence-corrected chi connectivity index (χ2v) is 4.14. The average molecular weight is 261 g/mol. The highest BCUT2D eigenvalue weighted by Gasteiger charge is 2.21. The number of aryl methyl sites for hydroxylation is 1. The predicted molar refractivity (Wildman–Crippen MR) is 70.3 cm³/mol. The number of hydrogen-bond acceptors (Lipinski definition) is 3. The van der Waals surface area contributed by atoms with Gasteiger partial charge in [0, 0.05) is 19.1 Å². The van der Waals surface area contributed by atoms with Crippen LogP contribution in [-0.4, -0.2) is 27.5 Å². The molecule has 6 heteroatoms. The zero-order valence-electron chi connectivity index (χ0n) is 10.6. The van der Waals surface area contributed by atoms with E-state index < -0.39 is 0 Å². The van der Waals surface area contributed by atoms with Gasteiger partial charge in [0.25, 0.3) is 5.91 Å². The maximum Gasteiger partial charge on any atom is 0.269 e. The van der Waals surface area contributed by atoms with E-state index in [-0.39, 0.29) is 23.9 Å². The number of nitrogens with zero attached hydrogens (tertiary/aromatic N) is 2. The highest BCUT2D eigenvalue weighted by Crippen LogP contribution is 2.09. The van der Waals surface area contributed by atoms with E-state index in [1.165, 1.54) is 0 Å². The molecule has 0 spiro atoms. The average Bonchev–Trinajstić information content (AvgIpc) is 2.72. The molecule has 1 aromatic rings. The second kappa shape index (κ2) is 6.61. The summed E-state index contributed by atoms with van der Waals surface area (Å²) < 4.78 is 1.69. The molecule has 98 valence electrons. The fourth-order valence-electron chi connectivity index (χ4n) is 1.42. The third-order valence-corrected chi connectivity index (χ3v) is 3.06. The minimum Gasteiger partial charge on any atom is -0.349 e. The molecule has 0 saturated carbocycles. The lowest BCUT2D eigenvalue weighted by Crippen LogP contribution is -2.49. The summed E-state index contributed by atoms with van der Waals surface area (Å²) >= 11 is 0. The first-order chi connectivity index (χ1) is 7.52. The van der Waals surface area contributed by atoms with Crippen LogP contribution >= 0.6 is 12.4 Å². The number of nitrogens with two attached hydrogens (primary N) is 1. The highest BCUT2D eigenvalue weighted by molar-refractivity contribution is 5.92. The van der Waals surface area contributed by atoms with Crippen LogP contribution in [0.2, 0.25) is 0 Å². The number of aromatic nitrogens is 2. The van der Waals surface area contributed by atoms with Crippen molar-refractivity contribution in [3.8, 4) is 0 Å². The summed E-state index contributed by atoms with van der Waals surface area (Å²) in [4.78, 5) is 15.7. The molecule has 1 rings (SSSR count). The minimum atomic E-state index is -0.311. The summed E-state index contributed by atoms with van der Waals surface area (Å²) in [5.41, 5.74) is 6.34. The number of carbonyl (C=O) groups excluding carboxylic acids is 1. The van der Waals surface area contributed by atoms with Crippen LogP contribution in [0.15, 0.2) is 12.5 Å². The number of amides is 1. The molecule has 1 aromatic heterocycles. The number of hydrogen-bond donors (Lipinski definition) is 2. The normalized spacial score (nSPS) is 10.8. The highest BCUT2D eigenvalue weighted by atomic mass is 35.5. The topological polar surface area (TPSA) is 72.9 Å². The lowest BCUT2D eigenvalue weighted by Gasteiger charge is -2.26. The maximum absolute atomic E-state index is 11.8. The number of rotatable bonds is 5. The molecule has 0 aliphatic rings. The molecule has 0 aromatic carbocycles. The van der Waals surface area contributed by atoms with Crippen molar-refractivity contribution >= 4 is 18.3 Å². The van der Waals surface area contributed by atoms with Gasteiger partial charge in [-0.15, -0.1) is 12.4 Å². The Morgan fingerprint density at radius 2 is 2.12 bits per heavy atom. The lowest BCUT2D eigenvalue weighted by molar-refractivity contribution is 0.0934. The monoisotopic (exact) mass is 260 g/mol. The third-order valence-electron chi connectivity index (χ3n) is 3.06. The number of halogens is 1. The number of carbonyl (C=O) groups is 1.